The summed E-state index contributed by atoms with van der Waals surface area (Å²) in [7, 11) is -8.30. The van der Waals surface area contributed by atoms with Crippen molar-refractivity contribution in [3.05, 3.63) is 47.5 Å². The topological polar surface area (TPSA) is 151 Å². The minimum Gasteiger partial charge on any atom is -0.448 e. The first-order valence-corrected chi connectivity index (χ1v) is 24.5. The monoisotopic (exact) mass is 832 g/mol. The van der Waals surface area contributed by atoms with Crippen LogP contribution in [0.15, 0.2) is 36.4 Å². The number of fused-ring (bicyclic) bond motifs is 2. The number of unbranched alkanes of at least 4 members (excludes halogenated alkanes) is 6. The van der Waals surface area contributed by atoms with Gasteiger partial charge < -0.3 is 19.3 Å². The first kappa shape index (κ1) is 46.2. The molecule has 2 aromatic rings. The summed E-state index contributed by atoms with van der Waals surface area (Å²) in [6.45, 7) is 18.7. The molecular formula is C43H68N4O8S2. The molecule has 4 rings (SSSR count). The van der Waals surface area contributed by atoms with Gasteiger partial charge >= 0.3 is 12.2 Å². The smallest absolute Gasteiger partial charge is 0.411 e. The Morgan fingerprint density at radius 1 is 0.649 bits per heavy atom. The molecule has 0 aromatic heterocycles. The SMILES string of the molecule is CCCCCCN1c2ccc(NC(=O)OCCS(=O)(=O)CS(=O)(=O)CCOC(=O)Nc3ccc4c(c3)C(C)CC(C)(C)N4CCCCCC)cc2C(C)CC1(C)C. The molecule has 0 saturated carbocycles. The third-order valence-corrected chi connectivity index (χ3v) is 15.8. The van der Waals surface area contributed by atoms with Crippen LogP contribution in [0.4, 0.5) is 32.3 Å². The second kappa shape index (κ2) is 20.0. The first-order chi connectivity index (χ1) is 26.8. The van der Waals surface area contributed by atoms with Gasteiger partial charge in [0, 0.05) is 46.9 Å². The Morgan fingerprint density at radius 2 is 1.04 bits per heavy atom. The van der Waals surface area contributed by atoms with Gasteiger partial charge in [-0.2, -0.15) is 0 Å². The first-order valence-electron chi connectivity index (χ1n) is 20.9. The van der Waals surface area contributed by atoms with E-state index in [1.165, 1.54) is 38.5 Å². The van der Waals surface area contributed by atoms with Crippen LogP contribution in [0.3, 0.4) is 0 Å². The van der Waals surface area contributed by atoms with Crippen LogP contribution >= 0.6 is 0 Å². The summed E-state index contributed by atoms with van der Waals surface area (Å²) >= 11 is 0. The van der Waals surface area contributed by atoms with E-state index in [1.807, 2.05) is 36.4 Å². The molecule has 320 valence electrons. The van der Waals surface area contributed by atoms with E-state index in [0.717, 1.165) is 61.3 Å². The Morgan fingerprint density at radius 3 is 1.40 bits per heavy atom. The van der Waals surface area contributed by atoms with E-state index in [0.29, 0.717) is 11.4 Å². The highest BCUT2D eigenvalue weighted by molar-refractivity contribution is 8.08. The van der Waals surface area contributed by atoms with E-state index in [4.69, 9.17) is 9.47 Å². The summed E-state index contributed by atoms with van der Waals surface area (Å²) in [6.07, 6.45) is 9.64. The predicted octanol–water partition coefficient (Wildman–Crippen LogP) is 9.62. The number of nitrogens with one attached hydrogen (secondary N) is 2. The molecule has 2 unspecified atom stereocenters. The zero-order valence-electron chi connectivity index (χ0n) is 35.6. The predicted molar refractivity (Wildman–Crippen MR) is 232 cm³/mol. The van der Waals surface area contributed by atoms with Crippen LogP contribution in [0.25, 0.3) is 0 Å². The van der Waals surface area contributed by atoms with Crippen LogP contribution in [0, 0.1) is 0 Å². The van der Waals surface area contributed by atoms with Crippen molar-refractivity contribution >= 4 is 54.6 Å². The number of hydrogen-bond acceptors (Lipinski definition) is 10. The molecule has 0 radical (unpaired) electrons. The molecule has 0 aliphatic carbocycles. The Bertz CT molecular complexity index is 1760. The van der Waals surface area contributed by atoms with E-state index < -0.39 is 61.7 Å². The molecule has 57 heavy (non-hydrogen) atoms. The maximum Gasteiger partial charge on any atom is 0.411 e. The Labute approximate surface area is 342 Å². The lowest BCUT2D eigenvalue weighted by Crippen LogP contribution is -2.48. The second-order valence-corrected chi connectivity index (χ2v) is 22.1. The van der Waals surface area contributed by atoms with Gasteiger partial charge in [-0.1, -0.05) is 66.2 Å². The van der Waals surface area contributed by atoms with Gasteiger partial charge in [0.1, 0.15) is 13.2 Å². The molecule has 0 fully saturated rings. The molecule has 2 amide bonds. The highest BCUT2D eigenvalue weighted by Gasteiger charge is 2.37. The van der Waals surface area contributed by atoms with E-state index in [9.17, 15) is 26.4 Å². The van der Waals surface area contributed by atoms with Gasteiger partial charge in [-0.05, 0) is 113 Å². The van der Waals surface area contributed by atoms with Crippen LogP contribution in [0.5, 0.6) is 0 Å². The van der Waals surface area contributed by atoms with Gasteiger partial charge in [-0.15, -0.1) is 0 Å². The molecule has 2 aromatic carbocycles. The van der Waals surface area contributed by atoms with Crippen molar-refractivity contribution in [2.45, 2.75) is 143 Å². The van der Waals surface area contributed by atoms with Crippen molar-refractivity contribution in [1.82, 2.24) is 0 Å². The van der Waals surface area contributed by atoms with Gasteiger partial charge in [0.25, 0.3) is 0 Å². The van der Waals surface area contributed by atoms with Crippen molar-refractivity contribution in [2.24, 2.45) is 0 Å². The summed E-state index contributed by atoms with van der Waals surface area (Å²) in [5.74, 6) is -0.800. The van der Waals surface area contributed by atoms with Crippen molar-refractivity contribution in [3.8, 4) is 0 Å². The van der Waals surface area contributed by atoms with Crippen LogP contribution in [-0.4, -0.2) is 83.0 Å². The zero-order valence-corrected chi connectivity index (χ0v) is 37.2. The summed E-state index contributed by atoms with van der Waals surface area (Å²) in [6, 6.07) is 11.6. The van der Waals surface area contributed by atoms with Gasteiger partial charge in [0.15, 0.2) is 24.8 Å². The Hall–Kier alpha value is -3.52. The number of carbonyl (C=O) groups excluding carboxylic acids is 2. The highest BCUT2D eigenvalue weighted by atomic mass is 32.3. The molecule has 2 atom stereocenters. The lowest BCUT2D eigenvalue weighted by molar-refractivity contribution is 0.167. The number of benzene rings is 2. The molecule has 14 heteroatoms. The molecule has 0 spiro atoms. The number of hydrogen-bond donors (Lipinski definition) is 2. The normalized spacial score (nSPS) is 18.7. The largest absolute Gasteiger partial charge is 0.448 e. The van der Waals surface area contributed by atoms with Gasteiger partial charge in [0.2, 0.25) is 0 Å². The number of ether oxygens (including phenoxy) is 2. The van der Waals surface area contributed by atoms with Crippen LogP contribution < -0.4 is 20.4 Å². The van der Waals surface area contributed by atoms with Crippen molar-refractivity contribution < 1.29 is 35.9 Å². The molecule has 12 nitrogen and oxygen atoms in total. The second-order valence-electron chi connectivity index (χ2n) is 17.3. The van der Waals surface area contributed by atoms with Crippen molar-refractivity contribution in [1.29, 1.82) is 0 Å². The third kappa shape index (κ3) is 13.2. The number of amides is 2. The molecule has 0 saturated heterocycles. The van der Waals surface area contributed by atoms with Crippen molar-refractivity contribution in [3.63, 3.8) is 0 Å². The van der Waals surface area contributed by atoms with Crippen LogP contribution in [0.2, 0.25) is 0 Å². The Kier molecular flexibility index (Phi) is 16.2. The summed E-state index contributed by atoms with van der Waals surface area (Å²) < 4.78 is 61.0. The molecule has 2 aliphatic rings. The number of nitrogens with zero attached hydrogens (tertiary/aromatic N) is 2. The van der Waals surface area contributed by atoms with Crippen LogP contribution in [-0.2, 0) is 29.1 Å². The highest BCUT2D eigenvalue weighted by Crippen LogP contribution is 2.45. The van der Waals surface area contributed by atoms with Gasteiger partial charge in [-0.25, -0.2) is 26.4 Å². The van der Waals surface area contributed by atoms with Crippen LogP contribution in [0.1, 0.15) is 143 Å². The zero-order chi connectivity index (χ0) is 42.0. The molecule has 2 heterocycles. The average Bonchev–Trinajstić information content (AvgIpc) is 3.10. The third-order valence-electron chi connectivity index (χ3n) is 11.3. The number of rotatable bonds is 20. The minimum atomic E-state index is -4.15. The average molecular weight is 833 g/mol. The van der Waals surface area contributed by atoms with E-state index >= 15 is 0 Å². The lowest BCUT2D eigenvalue weighted by Gasteiger charge is -2.48. The number of sulfone groups is 2. The van der Waals surface area contributed by atoms with Crippen molar-refractivity contribution in [2.75, 3.05) is 63.3 Å². The number of anilines is 4. The molecule has 0 bridgehead atoms. The fourth-order valence-electron chi connectivity index (χ4n) is 8.60. The molecule has 2 aliphatic heterocycles. The summed E-state index contributed by atoms with van der Waals surface area (Å²) in [4.78, 5) is 30.1. The van der Waals surface area contributed by atoms with Gasteiger partial charge in [0.05, 0.1) is 11.5 Å². The standard InChI is InChI=1S/C43H68N4O8S2/c1-9-11-13-15-21-46-38-19-17-34(27-36(38)32(3)29-42(46,5)6)44-40(48)54-23-25-56(50,51)31-57(52,53)26-24-55-41(49)45-35-18-20-39-37(28-35)33(4)30-43(7,8)47(39)22-16-14-12-10-2/h17-20,27-28,32-33H,9-16,21-26,29-31H2,1-8H3,(H,44,48)(H,45,49). The maximum atomic E-state index is 12.7. The molecule has 2 N–H and O–H groups in total. The van der Waals surface area contributed by atoms with Gasteiger partial charge in [-0.3, -0.25) is 10.6 Å². The lowest BCUT2D eigenvalue weighted by atomic mass is 9.79. The summed E-state index contributed by atoms with van der Waals surface area (Å²) in [5, 5.41) is 4.21. The maximum absolute atomic E-state index is 12.7. The Balaban J connectivity index is 1.22. The van der Waals surface area contributed by atoms with E-state index in [1.54, 1.807) is 0 Å². The van der Waals surface area contributed by atoms with E-state index in [-0.39, 0.29) is 22.9 Å². The fourth-order valence-corrected chi connectivity index (χ4v) is 12.4. The fraction of sp³-hybridized carbons (Fsp3) is 0.674. The quantitative estimate of drug-likeness (QED) is 0.123. The van der Waals surface area contributed by atoms with E-state index in [2.05, 4.69) is 75.8 Å². The molecular weight excluding hydrogens is 765 g/mol. The number of carbonyl (C=O) groups is 2. The summed E-state index contributed by atoms with van der Waals surface area (Å²) in [5.41, 5.74) is 5.65. The minimum absolute atomic E-state index is 0.00277.